The summed E-state index contributed by atoms with van der Waals surface area (Å²) in [5.74, 6) is 1.35. The molecule has 0 saturated carbocycles. The van der Waals surface area contributed by atoms with Gasteiger partial charge in [0.25, 0.3) is 5.91 Å². The van der Waals surface area contributed by atoms with Gasteiger partial charge in [0.1, 0.15) is 11.6 Å². The fourth-order valence-electron chi connectivity index (χ4n) is 2.80. The molecule has 1 saturated heterocycles. The van der Waals surface area contributed by atoms with Crippen molar-refractivity contribution in [3.8, 4) is 5.75 Å². The fourth-order valence-corrected chi connectivity index (χ4v) is 3.02. The molecule has 0 aliphatic carbocycles. The molecule has 2 heterocycles. The molecule has 1 aliphatic rings. The SMILES string of the molecule is Cc1cc(Cl)ccc1OCC(=O)Nc1ccc(N2CCN(C)CC2)nc1. The van der Waals surface area contributed by atoms with Crippen LogP contribution in [0.15, 0.2) is 36.5 Å². The van der Waals surface area contributed by atoms with E-state index < -0.39 is 0 Å². The Labute approximate surface area is 158 Å². The summed E-state index contributed by atoms with van der Waals surface area (Å²) in [7, 11) is 2.12. The number of pyridine rings is 1. The molecule has 2 aromatic rings. The zero-order valence-electron chi connectivity index (χ0n) is 15.0. The maximum atomic E-state index is 12.1. The van der Waals surface area contributed by atoms with Gasteiger partial charge in [0.2, 0.25) is 0 Å². The summed E-state index contributed by atoms with van der Waals surface area (Å²) in [4.78, 5) is 21.1. The van der Waals surface area contributed by atoms with Gasteiger partial charge in [-0.15, -0.1) is 0 Å². The lowest BCUT2D eigenvalue weighted by atomic mass is 10.2. The van der Waals surface area contributed by atoms with E-state index in [1.54, 1.807) is 24.4 Å². The van der Waals surface area contributed by atoms with Crippen molar-refractivity contribution in [1.29, 1.82) is 0 Å². The van der Waals surface area contributed by atoms with Crippen LogP contribution < -0.4 is 15.0 Å². The summed E-state index contributed by atoms with van der Waals surface area (Å²) in [6.07, 6.45) is 1.68. The van der Waals surface area contributed by atoms with E-state index in [1.807, 2.05) is 19.1 Å². The molecule has 1 aliphatic heterocycles. The van der Waals surface area contributed by atoms with Gasteiger partial charge in [-0.1, -0.05) is 11.6 Å². The Balaban J connectivity index is 1.51. The van der Waals surface area contributed by atoms with Gasteiger partial charge in [-0.05, 0) is 49.9 Å². The van der Waals surface area contributed by atoms with Gasteiger partial charge in [0, 0.05) is 31.2 Å². The maximum Gasteiger partial charge on any atom is 0.262 e. The van der Waals surface area contributed by atoms with Crippen LogP contribution >= 0.6 is 11.6 Å². The third-order valence-electron chi connectivity index (χ3n) is 4.35. The zero-order chi connectivity index (χ0) is 18.5. The molecule has 138 valence electrons. The van der Waals surface area contributed by atoms with Crippen molar-refractivity contribution in [2.24, 2.45) is 0 Å². The number of nitrogens with zero attached hydrogens (tertiary/aromatic N) is 3. The second-order valence-electron chi connectivity index (χ2n) is 6.44. The molecular formula is C19H23ClN4O2. The first kappa shape index (κ1) is 18.5. The smallest absolute Gasteiger partial charge is 0.262 e. The van der Waals surface area contributed by atoms with Crippen molar-refractivity contribution >= 4 is 29.0 Å². The topological polar surface area (TPSA) is 57.7 Å². The average molecular weight is 375 g/mol. The molecule has 1 amide bonds. The minimum atomic E-state index is -0.228. The van der Waals surface area contributed by atoms with Crippen molar-refractivity contribution < 1.29 is 9.53 Å². The predicted octanol–water partition coefficient (Wildman–Crippen LogP) is 2.81. The molecule has 0 radical (unpaired) electrons. The Morgan fingerprint density at radius 3 is 2.65 bits per heavy atom. The molecule has 6 nitrogen and oxygen atoms in total. The number of carbonyl (C=O) groups excluding carboxylic acids is 1. The third kappa shape index (κ3) is 4.86. The number of amides is 1. The number of piperazine rings is 1. The molecule has 0 unspecified atom stereocenters. The van der Waals surface area contributed by atoms with Crippen LogP contribution in [0.5, 0.6) is 5.75 Å². The van der Waals surface area contributed by atoms with E-state index in [4.69, 9.17) is 16.3 Å². The molecule has 1 aromatic heterocycles. The number of rotatable bonds is 5. The molecule has 0 bridgehead atoms. The molecule has 3 rings (SSSR count). The minimum absolute atomic E-state index is 0.0668. The number of anilines is 2. The Bertz CT molecular complexity index is 759. The van der Waals surface area contributed by atoms with Crippen molar-refractivity contribution in [3.63, 3.8) is 0 Å². The van der Waals surface area contributed by atoms with Crippen LogP contribution in [0.3, 0.4) is 0 Å². The van der Waals surface area contributed by atoms with Gasteiger partial charge in [0.15, 0.2) is 6.61 Å². The zero-order valence-corrected chi connectivity index (χ0v) is 15.8. The van der Waals surface area contributed by atoms with Crippen molar-refractivity contribution in [1.82, 2.24) is 9.88 Å². The van der Waals surface area contributed by atoms with E-state index in [-0.39, 0.29) is 12.5 Å². The standard InChI is InChI=1S/C19H23ClN4O2/c1-14-11-15(20)3-5-17(14)26-13-19(25)22-16-4-6-18(21-12-16)24-9-7-23(2)8-10-24/h3-6,11-12H,7-10,13H2,1-2H3,(H,22,25). The molecule has 0 spiro atoms. The first-order valence-electron chi connectivity index (χ1n) is 8.59. The second kappa shape index (κ2) is 8.38. The second-order valence-corrected chi connectivity index (χ2v) is 6.88. The van der Waals surface area contributed by atoms with Crippen LogP contribution in [0.2, 0.25) is 5.02 Å². The summed E-state index contributed by atoms with van der Waals surface area (Å²) in [5.41, 5.74) is 1.55. The average Bonchev–Trinajstić information content (AvgIpc) is 2.62. The highest BCUT2D eigenvalue weighted by molar-refractivity contribution is 6.30. The first-order valence-corrected chi connectivity index (χ1v) is 8.97. The van der Waals surface area contributed by atoms with Gasteiger partial charge in [-0.25, -0.2) is 4.98 Å². The summed E-state index contributed by atoms with van der Waals surface area (Å²) in [6.45, 7) is 5.80. The Kier molecular flexibility index (Phi) is 5.96. The quantitative estimate of drug-likeness (QED) is 0.872. The summed E-state index contributed by atoms with van der Waals surface area (Å²) < 4.78 is 5.55. The summed E-state index contributed by atoms with van der Waals surface area (Å²) in [6, 6.07) is 9.10. The number of hydrogen-bond donors (Lipinski definition) is 1. The number of hydrogen-bond acceptors (Lipinski definition) is 5. The maximum absolute atomic E-state index is 12.1. The monoisotopic (exact) mass is 374 g/mol. The van der Waals surface area contributed by atoms with Crippen LogP contribution in [0, 0.1) is 6.92 Å². The molecule has 7 heteroatoms. The number of ether oxygens (including phenoxy) is 1. The van der Waals surface area contributed by atoms with E-state index in [1.165, 1.54) is 0 Å². The normalized spacial score (nSPS) is 15.0. The van der Waals surface area contributed by atoms with Crippen LogP contribution in [-0.2, 0) is 4.79 Å². The van der Waals surface area contributed by atoms with Crippen LogP contribution in [0.4, 0.5) is 11.5 Å². The van der Waals surface area contributed by atoms with Gasteiger partial charge in [-0.3, -0.25) is 4.79 Å². The molecular weight excluding hydrogens is 352 g/mol. The number of aromatic nitrogens is 1. The lowest BCUT2D eigenvalue weighted by molar-refractivity contribution is -0.118. The molecule has 1 N–H and O–H groups in total. The highest BCUT2D eigenvalue weighted by Crippen LogP contribution is 2.22. The number of likely N-dealkylation sites (N-methyl/N-ethyl adjacent to an activating group) is 1. The van der Waals surface area contributed by atoms with Crippen molar-refractivity contribution in [3.05, 3.63) is 47.1 Å². The summed E-state index contributed by atoms with van der Waals surface area (Å²) in [5, 5.41) is 3.45. The van der Waals surface area contributed by atoms with Gasteiger partial charge >= 0.3 is 0 Å². The van der Waals surface area contributed by atoms with Gasteiger partial charge in [0.05, 0.1) is 11.9 Å². The van der Waals surface area contributed by atoms with Crippen molar-refractivity contribution in [2.75, 3.05) is 50.1 Å². The number of carbonyl (C=O) groups is 1. The Morgan fingerprint density at radius 2 is 2.00 bits per heavy atom. The van der Waals surface area contributed by atoms with Gasteiger partial charge < -0.3 is 19.9 Å². The number of halogens is 1. The van der Waals surface area contributed by atoms with E-state index in [0.29, 0.717) is 16.5 Å². The Morgan fingerprint density at radius 1 is 1.23 bits per heavy atom. The Hall–Kier alpha value is -2.31. The highest BCUT2D eigenvalue weighted by atomic mass is 35.5. The van der Waals surface area contributed by atoms with Crippen LogP contribution in [-0.4, -0.2) is 55.6 Å². The number of aryl methyl sites for hydroxylation is 1. The van der Waals surface area contributed by atoms with Gasteiger partial charge in [-0.2, -0.15) is 0 Å². The van der Waals surface area contributed by atoms with Crippen LogP contribution in [0.25, 0.3) is 0 Å². The molecule has 26 heavy (non-hydrogen) atoms. The van der Waals surface area contributed by atoms with E-state index >= 15 is 0 Å². The van der Waals surface area contributed by atoms with E-state index in [2.05, 4.69) is 27.1 Å². The molecule has 0 atom stereocenters. The van der Waals surface area contributed by atoms with E-state index in [0.717, 1.165) is 37.6 Å². The largest absolute Gasteiger partial charge is 0.483 e. The predicted molar refractivity (Wildman–Crippen MR) is 104 cm³/mol. The lowest BCUT2D eigenvalue weighted by Crippen LogP contribution is -2.44. The number of benzene rings is 1. The van der Waals surface area contributed by atoms with Crippen molar-refractivity contribution in [2.45, 2.75) is 6.92 Å². The summed E-state index contributed by atoms with van der Waals surface area (Å²) >= 11 is 5.92. The third-order valence-corrected chi connectivity index (χ3v) is 4.59. The van der Waals surface area contributed by atoms with E-state index in [9.17, 15) is 4.79 Å². The highest BCUT2D eigenvalue weighted by Gasteiger charge is 2.15. The molecule has 1 fully saturated rings. The van der Waals surface area contributed by atoms with Crippen LogP contribution in [0.1, 0.15) is 5.56 Å². The minimum Gasteiger partial charge on any atom is -0.483 e. The lowest BCUT2D eigenvalue weighted by Gasteiger charge is -2.33. The fraction of sp³-hybridized carbons (Fsp3) is 0.368. The number of nitrogens with one attached hydrogen (secondary N) is 1. The first-order chi connectivity index (χ1) is 12.5. The molecule has 1 aromatic carbocycles.